The van der Waals surface area contributed by atoms with Gasteiger partial charge in [0.2, 0.25) is 0 Å². The Kier molecular flexibility index (Phi) is 7.56. The first-order valence-electron chi connectivity index (χ1n) is 11.9. The number of aliphatic hydroxyl groups is 1. The summed E-state index contributed by atoms with van der Waals surface area (Å²) in [6, 6.07) is 4.66. The predicted molar refractivity (Wildman–Crippen MR) is 129 cm³/mol. The molecule has 2 aliphatic rings. The first-order valence-corrected chi connectivity index (χ1v) is 11.9. The summed E-state index contributed by atoms with van der Waals surface area (Å²) in [5.41, 5.74) is 1.44. The molecule has 1 atom stereocenters. The van der Waals surface area contributed by atoms with Crippen LogP contribution in [-0.4, -0.2) is 83.5 Å². The van der Waals surface area contributed by atoms with E-state index in [-0.39, 0.29) is 30.0 Å². The van der Waals surface area contributed by atoms with Gasteiger partial charge in [0.05, 0.1) is 31.4 Å². The van der Waals surface area contributed by atoms with Crippen molar-refractivity contribution in [3.05, 3.63) is 63.7 Å². The molecular weight excluding hydrogens is 469 g/mol. The lowest BCUT2D eigenvalue weighted by molar-refractivity contribution is -0.140. The van der Waals surface area contributed by atoms with Crippen molar-refractivity contribution in [2.45, 2.75) is 26.8 Å². The van der Waals surface area contributed by atoms with Gasteiger partial charge in [-0.15, -0.1) is 0 Å². The second-order valence-electron chi connectivity index (χ2n) is 8.85. The second-order valence-corrected chi connectivity index (χ2v) is 8.85. The lowest BCUT2D eigenvalue weighted by Crippen LogP contribution is -2.42. The minimum atomic E-state index is -0.985. The van der Waals surface area contributed by atoms with Gasteiger partial charge in [0.15, 0.2) is 0 Å². The number of halogens is 1. The van der Waals surface area contributed by atoms with Crippen molar-refractivity contribution in [1.29, 1.82) is 0 Å². The molecule has 3 heterocycles. The standard InChI is InChI=1S/C26H30FN3O6/c1-4-36-26(34)21-15(2)19(16(3)28-21)23(31)20-22(17-6-5-7-18(27)14-17)30(25(33)24(20)32)9-8-29-10-12-35-13-11-29/h5-7,14,22,28,31H,4,8-13H2,1-3H3/b23-20+. The molecule has 192 valence electrons. The van der Waals surface area contributed by atoms with Gasteiger partial charge in [-0.2, -0.15) is 0 Å². The van der Waals surface area contributed by atoms with Gasteiger partial charge in [-0.3, -0.25) is 14.5 Å². The van der Waals surface area contributed by atoms with Crippen LogP contribution in [0.2, 0.25) is 0 Å². The number of hydrogen-bond donors (Lipinski definition) is 2. The van der Waals surface area contributed by atoms with Crippen molar-refractivity contribution < 1.29 is 33.4 Å². The Hall–Kier alpha value is -3.50. The molecule has 0 spiro atoms. The SMILES string of the molecule is CCOC(=O)c1[nH]c(C)c(/C(O)=C2\C(=O)C(=O)N(CCN3CCOCC3)C2c2cccc(F)c2)c1C. The van der Waals surface area contributed by atoms with Gasteiger partial charge < -0.3 is 24.5 Å². The monoisotopic (exact) mass is 499 g/mol. The Labute approximate surface area is 208 Å². The number of morpholine rings is 1. The number of aromatic amines is 1. The largest absolute Gasteiger partial charge is 0.507 e. The fourth-order valence-corrected chi connectivity index (χ4v) is 4.86. The van der Waals surface area contributed by atoms with Crippen LogP contribution in [0.1, 0.15) is 45.8 Å². The molecule has 2 aliphatic heterocycles. The third-order valence-corrected chi connectivity index (χ3v) is 6.62. The molecule has 1 unspecified atom stereocenters. The predicted octanol–water partition coefficient (Wildman–Crippen LogP) is 2.70. The second kappa shape index (κ2) is 10.6. The molecule has 2 saturated heterocycles. The summed E-state index contributed by atoms with van der Waals surface area (Å²) in [5.74, 6) is -3.16. The van der Waals surface area contributed by atoms with Gasteiger partial charge in [-0.05, 0) is 44.0 Å². The summed E-state index contributed by atoms with van der Waals surface area (Å²) < 4.78 is 24.7. The molecule has 1 amide bonds. The number of likely N-dealkylation sites (tertiary alicyclic amines) is 1. The van der Waals surface area contributed by atoms with E-state index in [4.69, 9.17) is 9.47 Å². The molecule has 4 rings (SSSR count). The van der Waals surface area contributed by atoms with E-state index in [0.717, 1.165) is 0 Å². The van der Waals surface area contributed by atoms with Gasteiger partial charge >= 0.3 is 5.97 Å². The number of nitrogens with one attached hydrogen (secondary N) is 1. The number of Topliss-reactive ketones (excluding diaryl/α,β-unsaturated/α-hetero) is 1. The van der Waals surface area contributed by atoms with Gasteiger partial charge in [-0.1, -0.05) is 12.1 Å². The number of ether oxygens (including phenoxy) is 2. The van der Waals surface area contributed by atoms with Crippen LogP contribution in [0, 0.1) is 19.7 Å². The molecule has 0 saturated carbocycles. The number of aromatic nitrogens is 1. The number of benzene rings is 1. The van der Waals surface area contributed by atoms with Crippen LogP contribution in [-0.2, 0) is 19.1 Å². The number of nitrogens with zero attached hydrogens (tertiary/aromatic N) is 2. The molecule has 1 aromatic carbocycles. The van der Waals surface area contributed by atoms with Crippen LogP contribution in [0.5, 0.6) is 0 Å². The van der Waals surface area contributed by atoms with E-state index < -0.39 is 35.3 Å². The van der Waals surface area contributed by atoms with Gasteiger partial charge in [0.1, 0.15) is 17.3 Å². The van der Waals surface area contributed by atoms with Gasteiger partial charge in [-0.25, -0.2) is 9.18 Å². The highest BCUT2D eigenvalue weighted by Crippen LogP contribution is 2.41. The Balaban J connectivity index is 1.79. The third-order valence-electron chi connectivity index (χ3n) is 6.62. The molecule has 36 heavy (non-hydrogen) atoms. The minimum Gasteiger partial charge on any atom is -0.507 e. The normalized spacial score (nSPS) is 20.2. The Bertz CT molecular complexity index is 1210. The molecule has 0 aliphatic carbocycles. The molecule has 1 aromatic heterocycles. The van der Waals surface area contributed by atoms with Crippen molar-refractivity contribution in [2.75, 3.05) is 46.0 Å². The maximum atomic E-state index is 14.2. The third kappa shape index (κ3) is 4.78. The molecule has 0 radical (unpaired) electrons. The summed E-state index contributed by atoms with van der Waals surface area (Å²) in [4.78, 5) is 45.2. The Morgan fingerprint density at radius 2 is 1.94 bits per heavy atom. The minimum absolute atomic E-state index is 0.145. The summed E-state index contributed by atoms with van der Waals surface area (Å²) in [6.45, 7) is 8.40. The Morgan fingerprint density at radius 1 is 1.22 bits per heavy atom. The zero-order chi connectivity index (χ0) is 26.0. The maximum Gasteiger partial charge on any atom is 0.355 e. The highest BCUT2D eigenvalue weighted by Gasteiger charge is 2.46. The van der Waals surface area contributed by atoms with Crippen LogP contribution in [0.25, 0.3) is 5.76 Å². The van der Waals surface area contributed by atoms with Gasteiger partial charge in [0.25, 0.3) is 11.7 Å². The number of carbonyl (C=O) groups is 3. The molecule has 9 nitrogen and oxygen atoms in total. The van der Waals surface area contributed by atoms with Crippen LogP contribution in [0.15, 0.2) is 29.8 Å². The van der Waals surface area contributed by atoms with E-state index in [0.29, 0.717) is 49.7 Å². The number of carbonyl (C=O) groups excluding carboxylic acids is 3. The number of H-pyrrole nitrogens is 1. The lowest BCUT2D eigenvalue weighted by atomic mass is 9.94. The summed E-state index contributed by atoms with van der Waals surface area (Å²) in [6.07, 6.45) is 0. The lowest BCUT2D eigenvalue weighted by Gasteiger charge is -2.31. The average Bonchev–Trinajstić information content (AvgIpc) is 3.30. The number of ketones is 1. The maximum absolute atomic E-state index is 14.2. The molecule has 0 bridgehead atoms. The van der Waals surface area contributed by atoms with Crippen molar-refractivity contribution in [3.8, 4) is 0 Å². The zero-order valence-corrected chi connectivity index (χ0v) is 20.6. The highest BCUT2D eigenvalue weighted by molar-refractivity contribution is 6.46. The summed E-state index contributed by atoms with van der Waals surface area (Å²) in [5, 5.41) is 11.4. The van der Waals surface area contributed by atoms with Gasteiger partial charge in [0, 0.05) is 37.4 Å². The fraction of sp³-hybridized carbons (Fsp3) is 0.423. The van der Waals surface area contributed by atoms with E-state index in [9.17, 15) is 23.9 Å². The van der Waals surface area contributed by atoms with E-state index in [1.165, 1.54) is 23.1 Å². The summed E-state index contributed by atoms with van der Waals surface area (Å²) in [7, 11) is 0. The summed E-state index contributed by atoms with van der Waals surface area (Å²) >= 11 is 0. The van der Waals surface area contributed by atoms with E-state index in [1.54, 1.807) is 26.8 Å². The van der Waals surface area contributed by atoms with Crippen LogP contribution in [0.3, 0.4) is 0 Å². The number of rotatable bonds is 7. The fourth-order valence-electron chi connectivity index (χ4n) is 4.86. The van der Waals surface area contributed by atoms with Crippen molar-refractivity contribution in [2.24, 2.45) is 0 Å². The van der Waals surface area contributed by atoms with E-state index >= 15 is 0 Å². The number of amides is 1. The van der Waals surface area contributed by atoms with Crippen LogP contribution >= 0.6 is 0 Å². The first-order chi connectivity index (χ1) is 17.2. The van der Waals surface area contributed by atoms with Crippen molar-refractivity contribution >= 4 is 23.4 Å². The molecule has 2 N–H and O–H groups in total. The van der Waals surface area contributed by atoms with E-state index in [1.807, 2.05) is 0 Å². The number of hydrogen-bond acceptors (Lipinski definition) is 7. The molecule has 10 heteroatoms. The number of esters is 1. The highest BCUT2D eigenvalue weighted by atomic mass is 19.1. The van der Waals surface area contributed by atoms with Crippen LogP contribution in [0.4, 0.5) is 4.39 Å². The first kappa shape index (κ1) is 25.6. The molecule has 2 fully saturated rings. The molecule has 2 aromatic rings. The van der Waals surface area contributed by atoms with Crippen molar-refractivity contribution in [1.82, 2.24) is 14.8 Å². The number of aryl methyl sites for hydroxylation is 1. The van der Waals surface area contributed by atoms with Crippen LogP contribution < -0.4 is 0 Å². The van der Waals surface area contributed by atoms with Crippen molar-refractivity contribution in [3.63, 3.8) is 0 Å². The smallest absolute Gasteiger partial charge is 0.355 e. The quantitative estimate of drug-likeness (QED) is 0.261. The Morgan fingerprint density at radius 3 is 2.61 bits per heavy atom. The van der Waals surface area contributed by atoms with E-state index in [2.05, 4.69) is 9.88 Å². The number of aliphatic hydroxyl groups excluding tert-OH is 1. The zero-order valence-electron chi connectivity index (χ0n) is 20.6. The average molecular weight is 500 g/mol. The molecular formula is C26H30FN3O6. The topological polar surface area (TPSA) is 112 Å².